The van der Waals surface area contributed by atoms with Crippen LogP contribution in [0.3, 0.4) is 0 Å². The highest BCUT2D eigenvalue weighted by molar-refractivity contribution is 8.00. The van der Waals surface area contributed by atoms with E-state index in [1.54, 1.807) is 0 Å². The average molecular weight is 389 g/mol. The number of fused-ring (bicyclic) bond motifs is 2. The SMILES string of the molecule is C[C@@H]1CCN(C(=O)CSc2nnc3n2CCCCC3)c2ccccc2S1. The summed E-state index contributed by atoms with van der Waals surface area (Å²) in [5, 5.41) is 10.1. The normalized spacial score (nSPS) is 20.0. The zero-order valence-electron chi connectivity index (χ0n) is 15.1. The predicted octanol–water partition coefficient (Wildman–Crippen LogP) is 4.01. The van der Waals surface area contributed by atoms with Gasteiger partial charge in [-0.05, 0) is 31.4 Å². The van der Waals surface area contributed by atoms with Gasteiger partial charge in [0.2, 0.25) is 5.91 Å². The molecule has 0 saturated carbocycles. The zero-order chi connectivity index (χ0) is 17.9. The van der Waals surface area contributed by atoms with Crippen molar-refractivity contribution in [2.75, 3.05) is 17.2 Å². The minimum Gasteiger partial charge on any atom is -0.311 e. The van der Waals surface area contributed by atoms with E-state index in [4.69, 9.17) is 0 Å². The van der Waals surface area contributed by atoms with Crippen molar-refractivity contribution in [3.8, 4) is 0 Å². The maximum absolute atomic E-state index is 13.0. The molecule has 0 unspecified atom stereocenters. The molecule has 4 rings (SSSR count). The van der Waals surface area contributed by atoms with Gasteiger partial charge in [0.25, 0.3) is 0 Å². The molecule has 26 heavy (non-hydrogen) atoms. The van der Waals surface area contributed by atoms with Gasteiger partial charge in [-0.15, -0.1) is 22.0 Å². The molecule has 0 spiro atoms. The summed E-state index contributed by atoms with van der Waals surface area (Å²) in [6, 6.07) is 8.24. The van der Waals surface area contributed by atoms with Gasteiger partial charge in [0, 0.05) is 29.7 Å². The van der Waals surface area contributed by atoms with Gasteiger partial charge >= 0.3 is 0 Å². The van der Waals surface area contributed by atoms with Gasteiger partial charge in [0.1, 0.15) is 5.82 Å². The maximum Gasteiger partial charge on any atom is 0.237 e. The van der Waals surface area contributed by atoms with Gasteiger partial charge in [0.15, 0.2) is 5.16 Å². The van der Waals surface area contributed by atoms with Crippen LogP contribution in [0.1, 0.15) is 38.4 Å². The average Bonchev–Trinajstić information content (AvgIpc) is 2.81. The van der Waals surface area contributed by atoms with Gasteiger partial charge in [-0.25, -0.2) is 0 Å². The lowest BCUT2D eigenvalue weighted by molar-refractivity contribution is -0.116. The van der Waals surface area contributed by atoms with Crippen LogP contribution in [0.2, 0.25) is 0 Å². The van der Waals surface area contributed by atoms with Crippen molar-refractivity contribution in [2.24, 2.45) is 0 Å². The van der Waals surface area contributed by atoms with Crippen molar-refractivity contribution in [1.29, 1.82) is 0 Å². The molecule has 2 aliphatic heterocycles. The summed E-state index contributed by atoms with van der Waals surface area (Å²) >= 11 is 3.39. The second-order valence-electron chi connectivity index (χ2n) is 6.88. The van der Waals surface area contributed by atoms with E-state index < -0.39 is 0 Å². The van der Waals surface area contributed by atoms with E-state index >= 15 is 0 Å². The van der Waals surface area contributed by atoms with E-state index in [9.17, 15) is 4.79 Å². The number of nitrogens with zero attached hydrogens (tertiary/aromatic N) is 4. The molecule has 0 saturated heterocycles. The fourth-order valence-corrected chi connectivity index (χ4v) is 5.49. The molecule has 1 amide bonds. The van der Waals surface area contributed by atoms with Crippen LogP contribution in [0.25, 0.3) is 0 Å². The lowest BCUT2D eigenvalue weighted by Gasteiger charge is -2.22. The molecular formula is C19H24N4OS2. The monoisotopic (exact) mass is 388 g/mol. The van der Waals surface area contributed by atoms with Crippen LogP contribution >= 0.6 is 23.5 Å². The number of aromatic nitrogens is 3. The number of benzene rings is 1. The van der Waals surface area contributed by atoms with Crippen molar-refractivity contribution >= 4 is 35.1 Å². The van der Waals surface area contributed by atoms with Crippen LogP contribution in [-0.2, 0) is 17.8 Å². The Hall–Kier alpha value is -1.47. The Morgan fingerprint density at radius 1 is 1.23 bits per heavy atom. The Bertz CT molecular complexity index is 792. The fourth-order valence-electron chi connectivity index (χ4n) is 3.52. The third kappa shape index (κ3) is 3.78. The van der Waals surface area contributed by atoms with Gasteiger partial charge in [-0.1, -0.05) is 37.2 Å². The first-order valence-corrected chi connectivity index (χ1v) is 11.2. The minimum absolute atomic E-state index is 0.156. The molecule has 3 heterocycles. The lowest BCUT2D eigenvalue weighted by atomic mass is 10.2. The van der Waals surface area contributed by atoms with Crippen LogP contribution in [-0.4, -0.2) is 38.2 Å². The molecule has 5 nitrogen and oxygen atoms in total. The number of para-hydroxylation sites is 1. The smallest absolute Gasteiger partial charge is 0.237 e. The first-order chi connectivity index (χ1) is 12.7. The summed E-state index contributed by atoms with van der Waals surface area (Å²) in [7, 11) is 0. The number of carbonyl (C=O) groups is 1. The highest BCUT2D eigenvalue weighted by atomic mass is 32.2. The fraction of sp³-hybridized carbons (Fsp3) is 0.526. The summed E-state index contributed by atoms with van der Waals surface area (Å²) in [6.07, 6.45) is 5.60. The Morgan fingerprint density at radius 2 is 2.12 bits per heavy atom. The van der Waals surface area contributed by atoms with Crippen molar-refractivity contribution < 1.29 is 4.79 Å². The van der Waals surface area contributed by atoms with E-state index in [0.29, 0.717) is 11.0 Å². The molecule has 0 N–H and O–H groups in total. The predicted molar refractivity (Wildman–Crippen MR) is 107 cm³/mol. The van der Waals surface area contributed by atoms with Crippen LogP contribution in [0.15, 0.2) is 34.3 Å². The largest absolute Gasteiger partial charge is 0.311 e. The van der Waals surface area contributed by atoms with Crippen LogP contribution in [0.4, 0.5) is 5.69 Å². The molecule has 0 radical (unpaired) electrons. The third-order valence-electron chi connectivity index (χ3n) is 4.94. The highest BCUT2D eigenvalue weighted by Gasteiger charge is 2.25. The summed E-state index contributed by atoms with van der Waals surface area (Å²) in [4.78, 5) is 16.1. The van der Waals surface area contributed by atoms with Gasteiger partial charge < -0.3 is 9.47 Å². The minimum atomic E-state index is 0.156. The summed E-state index contributed by atoms with van der Waals surface area (Å²) in [5.41, 5.74) is 1.05. The number of hydrogen-bond donors (Lipinski definition) is 0. The molecule has 1 atom stereocenters. The topological polar surface area (TPSA) is 51.0 Å². The molecule has 1 aromatic carbocycles. The second kappa shape index (κ2) is 8.05. The third-order valence-corrected chi connectivity index (χ3v) is 7.13. The summed E-state index contributed by atoms with van der Waals surface area (Å²) in [5.74, 6) is 1.64. The second-order valence-corrected chi connectivity index (χ2v) is 9.30. The number of anilines is 1. The number of amides is 1. The van der Waals surface area contributed by atoms with Crippen LogP contribution < -0.4 is 4.90 Å². The molecule has 7 heteroatoms. The van der Waals surface area contributed by atoms with Gasteiger partial charge in [-0.3, -0.25) is 4.79 Å². The highest BCUT2D eigenvalue weighted by Crippen LogP contribution is 2.37. The number of carbonyl (C=O) groups excluding carboxylic acids is 1. The molecule has 1 aromatic heterocycles. The Kier molecular flexibility index (Phi) is 5.55. The Balaban J connectivity index is 1.48. The van der Waals surface area contributed by atoms with Crippen molar-refractivity contribution in [1.82, 2.24) is 14.8 Å². The quantitative estimate of drug-likeness (QED) is 0.744. The first kappa shape index (κ1) is 17.9. The van der Waals surface area contributed by atoms with Crippen LogP contribution in [0.5, 0.6) is 0 Å². The maximum atomic E-state index is 13.0. The van der Waals surface area contributed by atoms with E-state index in [0.717, 1.165) is 42.6 Å². The van der Waals surface area contributed by atoms with E-state index in [1.165, 1.54) is 35.9 Å². The zero-order valence-corrected chi connectivity index (χ0v) is 16.7. The van der Waals surface area contributed by atoms with Crippen LogP contribution in [0, 0.1) is 0 Å². The summed E-state index contributed by atoms with van der Waals surface area (Å²) in [6.45, 7) is 3.98. The van der Waals surface area contributed by atoms with E-state index in [2.05, 4.69) is 33.8 Å². The first-order valence-electron chi connectivity index (χ1n) is 9.33. The Morgan fingerprint density at radius 3 is 3.04 bits per heavy atom. The molecular weight excluding hydrogens is 364 g/mol. The summed E-state index contributed by atoms with van der Waals surface area (Å²) < 4.78 is 2.21. The standard InChI is InChI=1S/C19H24N4OS2/c1-14-10-12-22(15-7-4-5-8-16(15)26-14)18(24)13-25-19-21-20-17-9-3-2-6-11-23(17)19/h4-5,7-8,14H,2-3,6,9-13H2,1H3/t14-/m1/s1. The lowest BCUT2D eigenvalue weighted by Crippen LogP contribution is -2.33. The molecule has 2 aromatic rings. The van der Waals surface area contributed by atoms with Crippen molar-refractivity contribution in [3.05, 3.63) is 30.1 Å². The molecule has 138 valence electrons. The molecule has 0 bridgehead atoms. The Labute approximate surface area is 162 Å². The van der Waals surface area contributed by atoms with Gasteiger partial charge in [-0.2, -0.15) is 0 Å². The molecule has 0 fully saturated rings. The number of rotatable bonds is 3. The van der Waals surface area contributed by atoms with E-state index in [-0.39, 0.29) is 5.91 Å². The van der Waals surface area contributed by atoms with E-state index in [1.807, 2.05) is 28.8 Å². The number of aryl methyl sites for hydroxylation is 1. The van der Waals surface area contributed by atoms with Crippen molar-refractivity contribution in [2.45, 2.75) is 60.9 Å². The number of hydrogen-bond acceptors (Lipinski definition) is 5. The number of thioether (sulfide) groups is 2. The molecule has 0 aliphatic carbocycles. The van der Waals surface area contributed by atoms with Crippen molar-refractivity contribution in [3.63, 3.8) is 0 Å². The van der Waals surface area contributed by atoms with Gasteiger partial charge in [0.05, 0.1) is 11.4 Å². The molecule has 2 aliphatic rings.